The third-order valence-electron chi connectivity index (χ3n) is 5.30. The van der Waals surface area contributed by atoms with E-state index in [2.05, 4.69) is 0 Å². The van der Waals surface area contributed by atoms with Crippen molar-refractivity contribution in [1.82, 2.24) is 9.13 Å². The first-order chi connectivity index (χ1) is 16.9. The van der Waals surface area contributed by atoms with Crippen LogP contribution in [0.4, 0.5) is 0 Å². The minimum atomic E-state index is -1.12. The van der Waals surface area contributed by atoms with E-state index in [1.54, 1.807) is 30.3 Å². The number of hydrogen-bond donors (Lipinski definition) is 0. The van der Waals surface area contributed by atoms with E-state index in [9.17, 15) is 19.2 Å². The van der Waals surface area contributed by atoms with E-state index in [0.29, 0.717) is 5.56 Å². The molecular formula is C25H24N2O8. The molecule has 3 aromatic rings. The van der Waals surface area contributed by atoms with Crippen LogP contribution in [0.1, 0.15) is 35.5 Å². The predicted octanol–water partition coefficient (Wildman–Crippen LogP) is 2.22. The fourth-order valence-electron chi connectivity index (χ4n) is 3.67. The molecule has 2 aromatic carbocycles. The molecule has 3 atom stereocenters. The molecule has 0 N–H and O–H groups in total. The molecule has 182 valence electrons. The van der Waals surface area contributed by atoms with Gasteiger partial charge in [-0.3, -0.25) is 14.2 Å². The van der Waals surface area contributed by atoms with Gasteiger partial charge in [0.05, 0.1) is 18.6 Å². The maximum Gasteiger partial charge on any atom is 0.338 e. The second-order valence-corrected chi connectivity index (χ2v) is 7.85. The summed E-state index contributed by atoms with van der Waals surface area (Å²) >= 11 is 0. The summed E-state index contributed by atoms with van der Waals surface area (Å²) in [6, 6.07) is 18.8. The van der Waals surface area contributed by atoms with E-state index in [-0.39, 0.29) is 19.8 Å². The molecule has 0 aliphatic carbocycles. The van der Waals surface area contributed by atoms with Gasteiger partial charge in [0.15, 0.2) is 12.3 Å². The van der Waals surface area contributed by atoms with Crippen molar-refractivity contribution in [2.75, 3.05) is 0 Å². The van der Waals surface area contributed by atoms with Gasteiger partial charge in [-0.25, -0.2) is 14.2 Å². The Morgan fingerprint density at radius 2 is 1.66 bits per heavy atom. The van der Waals surface area contributed by atoms with Crippen molar-refractivity contribution in [2.24, 2.45) is 0 Å². The first-order valence-electron chi connectivity index (χ1n) is 10.9. The molecule has 0 amide bonds. The average molecular weight is 480 g/mol. The Bertz CT molecular complexity index is 1290. The first kappa shape index (κ1) is 24.1. The number of hydrogen-bond acceptors (Lipinski definition) is 8. The lowest BCUT2D eigenvalue weighted by Gasteiger charge is -2.21. The summed E-state index contributed by atoms with van der Waals surface area (Å²) in [5, 5.41) is 0. The van der Waals surface area contributed by atoms with Crippen molar-refractivity contribution < 1.29 is 28.5 Å². The largest absolute Gasteiger partial charge is 0.454 e. The summed E-state index contributed by atoms with van der Waals surface area (Å²) in [6.45, 7) is 1.13. The summed E-state index contributed by atoms with van der Waals surface area (Å²) in [4.78, 5) is 49.6. The highest BCUT2D eigenvalue weighted by molar-refractivity contribution is 5.89. The molecule has 10 heteroatoms. The first-order valence-corrected chi connectivity index (χ1v) is 10.9. The maximum atomic E-state index is 13.2. The number of ether oxygens (including phenoxy) is 4. The highest BCUT2D eigenvalue weighted by Gasteiger charge is 2.42. The number of nitrogens with zero attached hydrogens (tertiary/aromatic N) is 2. The van der Waals surface area contributed by atoms with E-state index in [1.807, 2.05) is 30.3 Å². The van der Waals surface area contributed by atoms with Crippen molar-refractivity contribution in [2.45, 2.75) is 45.3 Å². The summed E-state index contributed by atoms with van der Waals surface area (Å²) in [7, 11) is 0. The van der Waals surface area contributed by atoms with E-state index >= 15 is 0 Å². The van der Waals surface area contributed by atoms with Crippen LogP contribution in [0.2, 0.25) is 0 Å². The molecule has 1 aromatic heterocycles. The van der Waals surface area contributed by atoms with Crippen LogP contribution in [0.3, 0.4) is 0 Å². The van der Waals surface area contributed by atoms with Gasteiger partial charge in [-0.2, -0.15) is 0 Å². The van der Waals surface area contributed by atoms with Gasteiger partial charge in [0, 0.05) is 19.2 Å². The fraction of sp³-hybridized carbons (Fsp3) is 0.280. The molecular weight excluding hydrogens is 456 g/mol. The summed E-state index contributed by atoms with van der Waals surface area (Å²) in [5.74, 6) is -1.21. The lowest BCUT2D eigenvalue weighted by molar-refractivity contribution is -0.180. The topological polar surface area (TPSA) is 115 Å². The number of aromatic nitrogens is 2. The molecule has 0 saturated carbocycles. The molecule has 10 nitrogen and oxygen atoms in total. The van der Waals surface area contributed by atoms with E-state index in [0.717, 1.165) is 14.7 Å². The van der Waals surface area contributed by atoms with E-state index < -0.39 is 41.8 Å². The Labute approximate surface area is 200 Å². The van der Waals surface area contributed by atoms with Gasteiger partial charge in [0.25, 0.3) is 5.56 Å². The van der Waals surface area contributed by atoms with Crippen LogP contribution in [-0.2, 0) is 37.1 Å². The van der Waals surface area contributed by atoms with Crippen molar-refractivity contribution in [3.05, 3.63) is 105 Å². The Hall–Kier alpha value is -4.02. The molecule has 1 unspecified atom stereocenters. The van der Waals surface area contributed by atoms with Gasteiger partial charge in [-0.05, 0) is 17.7 Å². The highest BCUT2D eigenvalue weighted by Crippen LogP contribution is 2.31. The SMILES string of the molecule is CC(=O)OC1C[C@H](OC(=O)c2ccccc2)[C@H](n2ccc(=O)n(COCc3ccccc3)c2=O)O1. The Morgan fingerprint density at radius 1 is 0.971 bits per heavy atom. The Morgan fingerprint density at radius 3 is 2.34 bits per heavy atom. The zero-order valence-electron chi connectivity index (χ0n) is 18.9. The fourth-order valence-corrected chi connectivity index (χ4v) is 3.67. The molecule has 35 heavy (non-hydrogen) atoms. The molecule has 4 rings (SSSR count). The van der Waals surface area contributed by atoms with E-state index in [4.69, 9.17) is 18.9 Å². The second-order valence-electron chi connectivity index (χ2n) is 7.85. The molecule has 1 aliphatic rings. The van der Waals surface area contributed by atoms with Crippen molar-refractivity contribution in [3.8, 4) is 0 Å². The zero-order chi connectivity index (χ0) is 24.8. The lowest BCUT2D eigenvalue weighted by Crippen LogP contribution is -2.43. The Kier molecular flexibility index (Phi) is 7.54. The van der Waals surface area contributed by atoms with Gasteiger partial charge in [0.1, 0.15) is 6.73 Å². The number of carbonyl (C=O) groups excluding carboxylic acids is 2. The van der Waals surface area contributed by atoms with Gasteiger partial charge in [-0.15, -0.1) is 0 Å². The second kappa shape index (κ2) is 10.9. The summed E-state index contributed by atoms with van der Waals surface area (Å²) in [6.07, 6.45) is -1.85. The van der Waals surface area contributed by atoms with Gasteiger partial charge < -0.3 is 18.9 Å². The van der Waals surface area contributed by atoms with Crippen LogP contribution < -0.4 is 11.2 Å². The Balaban J connectivity index is 1.56. The van der Waals surface area contributed by atoms with Crippen LogP contribution in [0, 0.1) is 0 Å². The van der Waals surface area contributed by atoms with Gasteiger partial charge in [0.2, 0.25) is 6.29 Å². The number of carbonyl (C=O) groups is 2. The molecule has 0 bridgehead atoms. The standard InChI is InChI=1S/C25H24N2O8/c1-17(28)33-22-14-20(34-24(30)19-10-6-3-7-11-19)23(35-22)26-13-12-21(29)27(25(26)31)16-32-15-18-8-4-2-5-9-18/h2-13,20,22-23H,14-16H2,1H3/t20-,22?,23+/m0/s1. The lowest BCUT2D eigenvalue weighted by atomic mass is 10.2. The highest BCUT2D eigenvalue weighted by atomic mass is 16.7. The molecule has 0 radical (unpaired) electrons. The number of esters is 2. The zero-order valence-corrected chi connectivity index (χ0v) is 18.9. The van der Waals surface area contributed by atoms with Crippen molar-refractivity contribution in [1.29, 1.82) is 0 Å². The van der Waals surface area contributed by atoms with Crippen LogP contribution in [-0.4, -0.2) is 33.5 Å². The number of benzene rings is 2. The van der Waals surface area contributed by atoms with Crippen LogP contribution in [0.25, 0.3) is 0 Å². The predicted molar refractivity (Wildman–Crippen MR) is 122 cm³/mol. The normalized spacial score (nSPS) is 19.3. The van der Waals surface area contributed by atoms with Crippen LogP contribution in [0.15, 0.2) is 82.5 Å². The van der Waals surface area contributed by atoms with Crippen LogP contribution in [0.5, 0.6) is 0 Å². The van der Waals surface area contributed by atoms with Gasteiger partial charge >= 0.3 is 17.6 Å². The number of rotatable bonds is 8. The molecule has 1 fully saturated rings. The van der Waals surface area contributed by atoms with Gasteiger partial charge in [-0.1, -0.05) is 48.5 Å². The minimum absolute atomic E-state index is 0.0128. The molecule has 1 aliphatic heterocycles. The monoisotopic (exact) mass is 480 g/mol. The van der Waals surface area contributed by atoms with Crippen LogP contribution >= 0.6 is 0 Å². The molecule has 2 heterocycles. The average Bonchev–Trinajstić information content (AvgIpc) is 3.23. The quantitative estimate of drug-likeness (QED) is 0.451. The maximum absolute atomic E-state index is 13.2. The third kappa shape index (κ3) is 5.92. The summed E-state index contributed by atoms with van der Waals surface area (Å²) in [5.41, 5.74) is -0.0895. The van der Waals surface area contributed by atoms with E-state index in [1.165, 1.54) is 19.2 Å². The summed E-state index contributed by atoms with van der Waals surface area (Å²) < 4.78 is 24.1. The third-order valence-corrected chi connectivity index (χ3v) is 5.30. The minimum Gasteiger partial charge on any atom is -0.454 e. The molecule has 0 spiro atoms. The molecule has 1 saturated heterocycles. The van der Waals surface area contributed by atoms with Crippen molar-refractivity contribution >= 4 is 11.9 Å². The van der Waals surface area contributed by atoms with Crippen molar-refractivity contribution in [3.63, 3.8) is 0 Å². The smallest absolute Gasteiger partial charge is 0.338 e.